The minimum absolute atomic E-state index is 0.369. The number of nitrogens with zero attached hydrogens (tertiary/aromatic N) is 1. The molecule has 100 valence electrons. The Labute approximate surface area is 106 Å². The average Bonchev–Trinajstić information content (AvgIpc) is 2.38. The molecule has 0 aromatic heterocycles. The van der Waals surface area contributed by atoms with Crippen molar-refractivity contribution in [2.45, 2.75) is 82.8 Å². The van der Waals surface area contributed by atoms with Gasteiger partial charge in [0, 0.05) is 12.6 Å². The summed E-state index contributed by atoms with van der Waals surface area (Å²) in [5.74, 6) is 0. The van der Waals surface area contributed by atoms with E-state index in [2.05, 4.69) is 11.8 Å². The van der Waals surface area contributed by atoms with Crippen LogP contribution in [0.3, 0.4) is 0 Å². The Kier molecular flexibility index (Phi) is 4.87. The lowest BCUT2D eigenvalue weighted by atomic mass is 9.83. The van der Waals surface area contributed by atoms with Crippen molar-refractivity contribution < 1.29 is 5.11 Å². The van der Waals surface area contributed by atoms with Crippen LogP contribution in [0.5, 0.6) is 0 Å². The van der Waals surface area contributed by atoms with Gasteiger partial charge in [0.1, 0.15) is 0 Å². The highest BCUT2D eigenvalue weighted by Crippen LogP contribution is 2.31. The van der Waals surface area contributed by atoms with Gasteiger partial charge in [-0.1, -0.05) is 45.4 Å². The van der Waals surface area contributed by atoms with E-state index in [1.807, 2.05) is 0 Å². The first kappa shape index (κ1) is 13.4. The molecule has 0 amide bonds. The predicted molar refractivity (Wildman–Crippen MR) is 72.2 cm³/mol. The fourth-order valence-electron chi connectivity index (χ4n) is 3.69. The van der Waals surface area contributed by atoms with Gasteiger partial charge >= 0.3 is 0 Å². The molecule has 0 aliphatic heterocycles. The van der Waals surface area contributed by atoms with Crippen LogP contribution in [-0.4, -0.2) is 34.7 Å². The first-order valence-electron chi connectivity index (χ1n) is 7.70. The van der Waals surface area contributed by atoms with Crippen LogP contribution in [-0.2, 0) is 0 Å². The molecule has 0 heterocycles. The number of likely N-dealkylation sites (N-methyl/N-ethyl adjacent to an activating group) is 1. The highest BCUT2D eigenvalue weighted by Gasteiger charge is 2.33. The van der Waals surface area contributed by atoms with E-state index < -0.39 is 0 Å². The Balaban J connectivity index is 1.88. The van der Waals surface area contributed by atoms with Crippen LogP contribution in [0.15, 0.2) is 0 Å². The second-order valence-electron chi connectivity index (χ2n) is 6.14. The molecule has 0 spiro atoms. The molecule has 0 atom stereocenters. The van der Waals surface area contributed by atoms with Gasteiger partial charge in [0.25, 0.3) is 0 Å². The summed E-state index contributed by atoms with van der Waals surface area (Å²) < 4.78 is 0. The first-order valence-corrected chi connectivity index (χ1v) is 7.70. The summed E-state index contributed by atoms with van der Waals surface area (Å²) in [7, 11) is 0. The zero-order valence-electron chi connectivity index (χ0n) is 11.5. The van der Waals surface area contributed by atoms with Crippen LogP contribution in [0.4, 0.5) is 0 Å². The monoisotopic (exact) mass is 239 g/mol. The molecule has 2 nitrogen and oxygen atoms in total. The highest BCUT2D eigenvalue weighted by atomic mass is 16.3. The lowest BCUT2D eigenvalue weighted by Gasteiger charge is -2.41. The van der Waals surface area contributed by atoms with Crippen molar-refractivity contribution in [3.05, 3.63) is 0 Å². The van der Waals surface area contributed by atoms with E-state index in [1.165, 1.54) is 51.4 Å². The van der Waals surface area contributed by atoms with Crippen LogP contribution in [0.1, 0.15) is 71.1 Å². The summed E-state index contributed by atoms with van der Waals surface area (Å²) >= 11 is 0. The minimum atomic E-state index is -0.369. The number of aliphatic hydroxyl groups is 1. The second-order valence-corrected chi connectivity index (χ2v) is 6.14. The summed E-state index contributed by atoms with van der Waals surface area (Å²) in [5.41, 5.74) is -0.369. The quantitative estimate of drug-likeness (QED) is 0.813. The van der Waals surface area contributed by atoms with Gasteiger partial charge in [0.2, 0.25) is 0 Å². The van der Waals surface area contributed by atoms with Crippen molar-refractivity contribution in [3.63, 3.8) is 0 Å². The fraction of sp³-hybridized carbons (Fsp3) is 1.00. The molecule has 0 radical (unpaired) electrons. The zero-order valence-corrected chi connectivity index (χ0v) is 11.5. The molecule has 0 unspecified atom stereocenters. The van der Waals surface area contributed by atoms with Gasteiger partial charge in [-0.25, -0.2) is 0 Å². The molecule has 2 aliphatic rings. The maximum atomic E-state index is 10.7. The molecule has 0 saturated heterocycles. The molecule has 2 saturated carbocycles. The lowest BCUT2D eigenvalue weighted by Crippen LogP contribution is -2.48. The van der Waals surface area contributed by atoms with Gasteiger partial charge in [-0.05, 0) is 32.2 Å². The predicted octanol–water partition coefficient (Wildman–Crippen LogP) is 3.34. The molecule has 2 heteroatoms. The normalized spacial score (nSPS) is 26.3. The van der Waals surface area contributed by atoms with Crippen LogP contribution >= 0.6 is 0 Å². The van der Waals surface area contributed by atoms with Gasteiger partial charge in [0.05, 0.1) is 5.60 Å². The topological polar surface area (TPSA) is 23.5 Å². The zero-order chi connectivity index (χ0) is 12.1. The molecule has 2 rings (SSSR count). The summed E-state index contributed by atoms with van der Waals surface area (Å²) in [6, 6.07) is 0.750. The standard InChI is InChI=1S/C15H29NO/c1-2-16(14-9-5-3-6-10-14)13-15(17)11-7-4-8-12-15/h14,17H,2-13H2,1H3. The maximum absolute atomic E-state index is 10.7. The summed E-state index contributed by atoms with van der Waals surface area (Å²) in [6.45, 7) is 4.28. The Morgan fingerprint density at radius 3 is 2.18 bits per heavy atom. The van der Waals surface area contributed by atoms with Crippen LogP contribution in [0, 0.1) is 0 Å². The Morgan fingerprint density at radius 2 is 1.59 bits per heavy atom. The molecule has 0 aromatic rings. The van der Waals surface area contributed by atoms with Crippen LogP contribution in [0.2, 0.25) is 0 Å². The lowest BCUT2D eigenvalue weighted by molar-refractivity contribution is -0.0381. The Morgan fingerprint density at radius 1 is 1.00 bits per heavy atom. The van der Waals surface area contributed by atoms with Crippen molar-refractivity contribution in [2.24, 2.45) is 0 Å². The van der Waals surface area contributed by atoms with Crippen LogP contribution < -0.4 is 0 Å². The third-order valence-corrected chi connectivity index (χ3v) is 4.78. The fourth-order valence-corrected chi connectivity index (χ4v) is 3.69. The Bertz CT molecular complexity index is 217. The Hall–Kier alpha value is -0.0800. The second kappa shape index (κ2) is 6.19. The minimum Gasteiger partial charge on any atom is -0.389 e. The number of rotatable bonds is 4. The average molecular weight is 239 g/mol. The van der Waals surface area contributed by atoms with Gasteiger partial charge in [-0.3, -0.25) is 4.90 Å². The van der Waals surface area contributed by atoms with E-state index in [-0.39, 0.29) is 5.60 Å². The largest absolute Gasteiger partial charge is 0.389 e. The van der Waals surface area contributed by atoms with Crippen LogP contribution in [0.25, 0.3) is 0 Å². The smallest absolute Gasteiger partial charge is 0.0774 e. The van der Waals surface area contributed by atoms with E-state index in [1.54, 1.807) is 0 Å². The van der Waals surface area contributed by atoms with Gasteiger partial charge < -0.3 is 5.11 Å². The van der Waals surface area contributed by atoms with Gasteiger partial charge in [-0.15, -0.1) is 0 Å². The maximum Gasteiger partial charge on any atom is 0.0774 e. The molecule has 2 fully saturated rings. The molecular weight excluding hydrogens is 210 g/mol. The van der Waals surface area contributed by atoms with E-state index >= 15 is 0 Å². The molecular formula is C15H29NO. The van der Waals surface area contributed by atoms with Gasteiger partial charge in [0.15, 0.2) is 0 Å². The molecule has 2 aliphatic carbocycles. The molecule has 0 bridgehead atoms. The molecule has 0 aromatic carbocycles. The van der Waals surface area contributed by atoms with E-state index in [0.29, 0.717) is 0 Å². The highest BCUT2D eigenvalue weighted by molar-refractivity contribution is 4.88. The van der Waals surface area contributed by atoms with E-state index in [4.69, 9.17) is 0 Å². The van der Waals surface area contributed by atoms with E-state index in [9.17, 15) is 5.11 Å². The molecule has 17 heavy (non-hydrogen) atoms. The van der Waals surface area contributed by atoms with Crippen molar-refractivity contribution in [1.82, 2.24) is 4.90 Å². The first-order chi connectivity index (χ1) is 8.23. The van der Waals surface area contributed by atoms with Crippen molar-refractivity contribution >= 4 is 0 Å². The third-order valence-electron chi connectivity index (χ3n) is 4.78. The number of hydrogen-bond acceptors (Lipinski definition) is 2. The number of hydrogen-bond donors (Lipinski definition) is 1. The van der Waals surface area contributed by atoms with Crippen molar-refractivity contribution in [1.29, 1.82) is 0 Å². The summed E-state index contributed by atoms with van der Waals surface area (Å²) in [6.07, 6.45) is 12.7. The summed E-state index contributed by atoms with van der Waals surface area (Å²) in [4.78, 5) is 2.56. The van der Waals surface area contributed by atoms with E-state index in [0.717, 1.165) is 32.0 Å². The van der Waals surface area contributed by atoms with Crippen molar-refractivity contribution in [3.8, 4) is 0 Å². The summed E-state index contributed by atoms with van der Waals surface area (Å²) in [5, 5.41) is 10.7. The third kappa shape index (κ3) is 3.69. The SMILES string of the molecule is CCN(CC1(O)CCCCC1)C1CCCCC1. The van der Waals surface area contributed by atoms with Gasteiger partial charge in [-0.2, -0.15) is 0 Å². The van der Waals surface area contributed by atoms with Crippen molar-refractivity contribution in [2.75, 3.05) is 13.1 Å². The molecule has 1 N–H and O–H groups in total.